The van der Waals surface area contributed by atoms with Gasteiger partial charge in [0.25, 0.3) is 0 Å². The van der Waals surface area contributed by atoms with Gasteiger partial charge in [-0.15, -0.1) is 11.6 Å². The maximum Gasteiger partial charge on any atom is 0.441 e. The lowest BCUT2D eigenvalue weighted by atomic mass is 9.99. The van der Waals surface area contributed by atoms with Crippen molar-refractivity contribution in [3.05, 3.63) is 29.8 Å². The Morgan fingerprint density at radius 3 is 2.37 bits per heavy atom. The number of hydrogen-bond donors (Lipinski definition) is 0. The van der Waals surface area contributed by atoms with Crippen molar-refractivity contribution < 1.29 is 17.9 Å². The van der Waals surface area contributed by atoms with Gasteiger partial charge in [-0.25, -0.2) is 0 Å². The van der Waals surface area contributed by atoms with Gasteiger partial charge in [-0.1, -0.05) is 23.9 Å². The molecule has 0 aliphatic rings. The first-order valence-electron chi connectivity index (χ1n) is 5.84. The third-order valence-corrected chi connectivity index (χ3v) is 3.90. The summed E-state index contributed by atoms with van der Waals surface area (Å²) in [6.45, 7) is 0. The Kier molecular flexibility index (Phi) is 6.86. The highest BCUT2D eigenvalue weighted by Gasteiger charge is 2.28. The zero-order valence-electron chi connectivity index (χ0n) is 10.5. The van der Waals surface area contributed by atoms with Crippen LogP contribution in [0.3, 0.4) is 0 Å². The molecule has 1 unspecified atom stereocenters. The van der Waals surface area contributed by atoms with E-state index in [1.165, 1.54) is 0 Å². The summed E-state index contributed by atoms with van der Waals surface area (Å²) < 4.78 is 41.2. The minimum absolute atomic E-state index is 0.0153. The normalized spacial score (nSPS) is 13.3. The first-order valence-corrected chi connectivity index (χ1v) is 7.36. The predicted molar refractivity (Wildman–Crippen MR) is 74.0 cm³/mol. The number of alkyl halides is 4. The first-order chi connectivity index (χ1) is 8.94. The molecule has 0 saturated heterocycles. The third-order valence-electron chi connectivity index (χ3n) is 2.69. The summed E-state index contributed by atoms with van der Waals surface area (Å²) in [5.74, 6) is 1.24. The second-order valence-corrected chi connectivity index (χ2v) is 5.62. The molecule has 0 heterocycles. The fraction of sp³-hybridized carbons (Fsp3) is 0.538. The smallest absolute Gasteiger partial charge is 0.441 e. The van der Waals surface area contributed by atoms with Crippen LogP contribution >= 0.6 is 23.4 Å². The number of halogens is 4. The minimum atomic E-state index is -4.16. The molecule has 1 nitrogen and oxygen atoms in total. The molecule has 6 heteroatoms. The van der Waals surface area contributed by atoms with Gasteiger partial charge in [0.05, 0.1) is 7.11 Å². The van der Waals surface area contributed by atoms with E-state index in [-0.39, 0.29) is 23.4 Å². The predicted octanol–water partition coefficient (Wildman–Crippen LogP) is 4.74. The molecule has 0 spiro atoms. The van der Waals surface area contributed by atoms with Crippen LogP contribution in [0.2, 0.25) is 0 Å². The average Bonchev–Trinajstić information content (AvgIpc) is 2.37. The average molecular weight is 313 g/mol. The Morgan fingerprint density at radius 2 is 1.89 bits per heavy atom. The van der Waals surface area contributed by atoms with Crippen molar-refractivity contribution >= 4 is 23.4 Å². The van der Waals surface area contributed by atoms with Crippen LogP contribution in [-0.4, -0.2) is 24.3 Å². The molecule has 1 rings (SSSR count). The van der Waals surface area contributed by atoms with E-state index in [1.54, 1.807) is 7.11 Å². The number of rotatable bonds is 7. The lowest BCUT2D eigenvalue weighted by Crippen LogP contribution is -2.10. The van der Waals surface area contributed by atoms with E-state index < -0.39 is 5.51 Å². The van der Waals surface area contributed by atoms with Crippen LogP contribution in [0.15, 0.2) is 24.3 Å². The second-order valence-electron chi connectivity index (χ2n) is 4.16. The fourth-order valence-corrected chi connectivity index (χ4v) is 2.62. The summed E-state index contributed by atoms with van der Waals surface area (Å²) in [6, 6.07) is 7.50. The van der Waals surface area contributed by atoms with Crippen LogP contribution < -0.4 is 4.74 Å². The van der Waals surface area contributed by atoms with Gasteiger partial charge in [0.2, 0.25) is 0 Å². The molecule has 108 valence electrons. The van der Waals surface area contributed by atoms with Crippen LogP contribution in [-0.2, 0) is 6.42 Å². The number of thioether (sulfide) groups is 1. The van der Waals surface area contributed by atoms with Crippen LogP contribution in [0.5, 0.6) is 5.75 Å². The summed E-state index contributed by atoms with van der Waals surface area (Å²) in [4.78, 5) is 0. The number of ether oxygens (including phenoxy) is 1. The van der Waals surface area contributed by atoms with Gasteiger partial charge in [0.1, 0.15) is 5.75 Å². The van der Waals surface area contributed by atoms with Crippen molar-refractivity contribution in [2.24, 2.45) is 5.92 Å². The van der Waals surface area contributed by atoms with Crippen LogP contribution in [0.1, 0.15) is 12.0 Å². The van der Waals surface area contributed by atoms with Gasteiger partial charge in [-0.2, -0.15) is 13.2 Å². The minimum Gasteiger partial charge on any atom is -0.497 e. The zero-order valence-corrected chi connectivity index (χ0v) is 12.1. The van der Waals surface area contributed by atoms with Crippen molar-refractivity contribution in [2.75, 3.05) is 18.7 Å². The van der Waals surface area contributed by atoms with Crippen LogP contribution in [0.4, 0.5) is 13.2 Å². The maximum absolute atomic E-state index is 12.0. The molecule has 1 aromatic carbocycles. The third kappa shape index (κ3) is 6.97. The second kappa shape index (κ2) is 7.90. The van der Waals surface area contributed by atoms with Gasteiger partial charge in [0, 0.05) is 11.6 Å². The molecular weight excluding hydrogens is 297 g/mol. The van der Waals surface area contributed by atoms with Gasteiger partial charge < -0.3 is 4.74 Å². The van der Waals surface area contributed by atoms with Crippen molar-refractivity contribution in [3.63, 3.8) is 0 Å². The summed E-state index contributed by atoms with van der Waals surface area (Å²) in [5, 5.41) is 0. The summed E-state index contributed by atoms with van der Waals surface area (Å²) in [5.41, 5.74) is -3.10. The van der Waals surface area contributed by atoms with E-state index in [4.69, 9.17) is 16.3 Å². The Bertz CT molecular complexity index is 367. The SMILES string of the molecule is COc1ccc(CC(CCl)CCSC(F)(F)F)cc1. The van der Waals surface area contributed by atoms with E-state index in [0.29, 0.717) is 18.7 Å². The van der Waals surface area contributed by atoms with Crippen LogP contribution in [0.25, 0.3) is 0 Å². The van der Waals surface area contributed by atoms with E-state index in [0.717, 1.165) is 11.3 Å². The number of methoxy groups -OCH3 is 1. The quantitative estimate of drug-likeness (QED) is 0.673. The maximum atomic E-state index is 12.0. The Labute approximate surface area is 120 Å². The molecule has 19 heavy (non-hydrogen) atoms. The van der Waals surface area contributed by atoms with E-state index in [9.17, 15) is 13.2 Å². The highest BCUT2D eigenvalue weighted by Crippen LogP contribution is 2.31. The molecule has 0 aliphatic carbocycles. The monoisotopic (exact) mass is 312 g/mol. The number of benzene rings is 1. The standard InChI is InChI=1S/C13H16ClF3OS/c1-18-12-4-2-10(3-5-12)8-11(9-14)6-7-19-13(15,16)17/h2-5,11H,6-9H2,1H3. The highest BCUT2D eigenvalue weighted by molar-refractivity contribution is 8.00. The molecule has 1 atom stereocenters. The Balaban J connectivity index is 2.42. The molecule has 0 amide bonds. The lowest BCUT2D eigenvalue weighted by Gasteiger charge is -2.14. The Morgan fingerprint density at radius 1 is 1.26 bits per heavy atom. The summed E-state index contributed by atoms with van der Waals surface area (Å²) in [7, 11) is 1.59. The van der Waals surface area contributed by atoms with E-state index in [1.807, 2.05) is 24.3 Å². The molecule has 0 bridgehead atoms. The molecule has 1 aromatic rings. The number of hydrogen-bond acceptors (Lipinski definition) is 2. The largest absolute Gasteiger partial charge is 0.497 e. The topological polar surface area (TPSA) is 9.23 Å². The van der Waals surface area contributed by atoms with Gasteiger partial charge in [0.15, 0.2) is 0 Å². The van der Waals surface area contributed by atoms with Crippen molar-refractivity contribution in [1.82, 2.24) is 0 Å². The van der Waals surface area contributed by atoms with E-state index >= 15 is 0 Å². The van der Waals surface area contributed by atoms with Gasteiger partial charge >= 0.3 is 5.51 Å². The summed E-state index contributed by atoms with van der Waals surface area (Å²) in [6.07, 6.45) is 1.14. The van der Waals surface area contributed by atoms with E-state index in [2.05, 4.69) is 0 Å². The molecular formula is C13H16ClF3OS. The molecule has 0 saturated carbocycles. The molecule has 0 radical (unpaired) electrons. The first kappa shape index (κ1) is 16.5. The molecule has 0 aliphatic heterocycles. The van der Waals surface area contributed by atoms with Crippen molar-refractivity contribution in [3.8, 4) is 5.75 Å². The molecule has 0 N–H and O–H groups in total. The van der Waals surface area contributed by atoms with Crippen molar-refractivity contribution in [2.45, 2.75) is 18.3 Å². The lowest BCUT2D eigenvalue weighted by molar-refractivity contribution is -0.0328. The van der Waals surface area contributed by atoms with Gasteiger partial charge in [-0.3, -0.25) is 0 Å². The summed E-state index contributed by atoms with van der Waals surface area (Å²) >= 11 is 5.83. The zero-order chi connectivity index (χ0) is 14.3. The molecule has 0 aromatic heterocycles. The van der Waals surface area contributed by atoms with Crippen molar-refractivity contribution in [1.29, 1.82) is 0 Å². The fourth-order valence-electron chi connectivity index (χ4n) is 1.67. The Hall–Kier alpha value is -0.550. The molecule has 0 fully saturated rings. The van der Waals surface area contributed by atoms with Gasteiger partial charge in [-0.05, 0) is 36.5 Å². The highest BCUT2D eigenvalue weighted by atomic mass is 35.5. The van der Waals surface area contributed by atoms with Crippen LogP contribution in [0, 0.1) is 5.92 Å².